The summed E-state index contributed by atoms with van der Waals surface area (Å²) in [6.45, 7) is 0.394. The van der Waals surface area contributed by atoms with E-state index in [9.17, 15) is 5.11 Å². The van der Waals surface area contributed by atoms with Crippen molar-refractivity contribution >= 4 is 0 Å². The third-order valence-corrected chi connectivity index (χ3v) is 2.70. The van der Waals surface area contributed by atoms with Crippen LogP contribution in [0.15, 0.2) is 24.3 Å². The molecule has 0 amide bonds. The van der Waals surface area contributed by atoms with E-state index in [1.165, 1.54) is 5.56 Å². The van der Waals surface area contributed by atoms with Crippen LogP contribution in [0.3, 0.4) is 0 Å². The van der Waals surface area contributed by atoms with Crippen molar-refractivity contribution in [3.63, 3.8) is 0 Å². The quantitative estimate of drug-likeness (QED) is 0.535. The molecule has 0 aliphatic heterocycles. The van der Waals surface area contributed by atoms with Crippen molar-refractivity contribution in [3.05, 3.63) is 35.4 Å². The molecule has 1 aromatic rings. The molecule has 1 aliphatic carbocycles. The summed E-state index contributed by atoms with van der Waals surface area (Å²) in [5, 5.41) is 13.3. The van der Waals surface area contributed by atoms with Crippen LogP contribution >= 0.6 is 0 Å². The van der Waals surface area contributed by atoms with Crippen LogP contribution < -0.4 is 5.32 Å². The van der Waals surface area contributed by atoms with Crippen molar-refractivity contribution in [1.29, 1.82) is 0 Å². The lowest BCUT2D eigenvalue weighted by Gasteiger charge is -2.24. The highest BCUT2D eigenvalue weighted by molar-refractivity contribution is 5.36. The molecule has 0 spiro atoms. The lowest BCUT2D eigenvalue weighted by atomic mass is 10.1. The van der Waals surface area contributed by atoms with E-state index >= 15 is 0 Å². The van der Waals surface area contributed by atoms with E-state index in [1.807, 2.05) is 24.3 Å². The molecule has 0 saturated carbocycles. The molecule has 0 saturated heterocycles. The first-order chi connectivity index (χ1) is 6.76. The highest BCUT2D eigenvalue weighted by Gasteiger charge is 2.35. The second kappa shape index (κ2) is 3.45. The maximum atomic E-state index is 10.3. The zero-order valence-electron chi connectivity index (χ0n) is 7.96. The molecule has 0 heterocycles. The predicted molar refractivity (Wildman–Crippen MR) is 55.5 cm³/mol. The molecule has 2 heteroatoms. The van der Waals surface area contributed by atoms with Gasteiger partial charge in [-0.1, -0.05) is 30.2 Å². The molecule has 2 nitrogen and oxygen atoms in total. The summed E-state index contributed by atoms with van der Waals surface area (Å²) in [6.07, 6.45) is 6.77. The second-order valence-electron chi connectivity index (χ2n) is 3.58. The number of nitrogens with one attached hydrogen (secondary N) is 1. The third kappa shape index (κ3) is 1.41. The monoisotopic (exact) mass is 187 g/mol. The molecule has 0 bridgehead atoms. The summed E-state index contributed by atoms with van der Waals surface area (Å²) < 4.78 is 0. The topological polar surface area (TPSA) is 32.3 Å². The molecule has 2 N–H and O–H groups in total. The Kier molecular flexibility index (Phi) is 2.28. The first-order valence-corrected chi connectivity index (χ1v) is 4.75. The fourth-order valence-corrected chi connectivity index (χ4v) is 1.97. The van der Waals surface area contributed by atoms with Gasteiger partial charge in [0.1, 0.15) is 5.72 Å². The number of fused-ring (bicyclic) bond motifs is 1. The first-order valence-electron chi connectivity index (χ1n) is 4.75. The molecular weight excluding hydrogens is 174 g/mol. The van der Waals surface area contributed by atoms with Crippen LogP contribution in [0.1, 0.15) is 17.5 Å². The Balaban J connectivity index is 2.29. The molecule has 1 unspecified atom stereocenters. The number of terminal acetylenes is 1. The van der Waals surface area contributed by atoms with E-state index in [4.69, 9.17) is 6.42 Å². The van der Waals surface area contributed by atoms with Crippen molar-refractivity contribution in [1.82, 2.24) is 5.32 Å². The minimum atomic E-state index is -0.914. The largest absolute Gasteiger partial charge is 0.372 e. The summed E-state index contributed by atoms with van der Waals surface area (Å²) in [6, 6.07) is 7.93. The van der Waals surface area contributed by atoms with Gasteiger partial charge in [-0.05, 0) is 18.4 Å². The third-order valence-electron chi connectivity index (χ3n) is 2.70. The summed E-state index contributed by atoms with van der Waals surface area (Å²) >= 11 is 0. The zero-order valence-corrected chi connectivity index (χ0v) is 7.96. The van der Waals surface area contributed by atoms with E-state index in [1.54, 1.807) is 0 Å². The molecule has 0 radical (unpaired) electrons. The van der Waals surface area contributed by atoms with Gasteiger partial charge >= 0.3 is 0 Å². The normalized spacial score (nSPS) is 24.3. The van der Waals surface area contributed by atoms with Gasteiger partial charge in [-0.15, -0.1) is 6.42 Å². The highest BCUT2D eigenvalue weighted by atomic mass is 16.3. The number of rotatable bonds is 2. The molecular formula is C12H13NO. The van der Waals surface area contributed by atoms with Crippen molar-refractivity contribution in [2.24, 2.45) is 0 Å². The standard InChI is InChI=1S/C12H13NO/c1-2-9-13-12(14)8-7-10-5-3-4-6-11(10)12/h1,3-6,13-14H,7-9H2. The number of benzene rings is 1. The number of aliphatic hydroxyl groups is 1. The number of hydrogen-bond donors (Lipinski definition) is 2. The van der Waals surface area contributed by atoms with Crippen LogP contribution in [0.5, 0.6) is 0 Å². The van der Waals surface area contributed by atoms with E-state index in [0.29, 0.717) is 13.0 Å². The van der Waals surface area contributed by atoms with Crippen molar-refractivity contribution in [2.75, 3.05) is 6.54 Å². The molecule has 1 aromatic carbocycles. The van der Waals surface area contributed by atoms with Crippen LogP contribution in [0.4, 0.5) is 0 Å². The minimum Gasteiger partial charge on any atom is -0.372 e. The van der Waals surface area contributed by atoms with Crippen molar-refractivity contribution < 1.29 is 5.11 Å². The summed E-state index contributed by atoms with van der Waals surface area (Å²) in [4.78, 5) is 0. The van der Waals surface area contributed by atoms with Gasteiger partial charge in [-0.2, -0.15) is 0 Å². The Bertz CT molecular complexity index is 380. The first kappa shape index (κ1) is 9.26. The summed E-state index contributed by atoms with van der Waals surface area (Å²) in [5.41, 5.74) is 1.26. The number of aryl methyl sites for hydroxylation is 1. The van der Waals surface area contributed by atoms with Crippen LogP contribution in [0, 0.1) is 12.3 Å². The van der Waals surface area contributed by atoms with Crippen LogP contribution in [-0.2, 0) is 12.1 Å². The molecule has 14 heavy (non-hydrogen) atoms. The average Bonchev–Trinajstić information content (AvgIpc) is 2.55. The van der Waals surface area contributed by atoms with Gasteiger partial charge in [0.2, 0.25) is 0 Å². The van der Waals surface area contributed by atoms with Gasteiger partial charge in [0, 0.05) is 5.56 Å². The molecule has 0 aromatic heterocycles. The predicted octanol–water partition coefficient (Wildman–Crippen LogP) is 1.00. The van der Waals surface area contributed by atoms with E-state index in [2.05, 4.69) is 11.2 Å². The van der Waals surface area contributed by atoms with Crippen LogP contribution in [0.2, 0.25) is 0 Å². The van der Waals surface area contributed by atoms with E-state index < -0.39 is 5.72 Å². The fraction of sp³-hybridized carbons (Fsp3) is 0.333. The molecule has 72 valence electrons. The molecule has 1 aliphatic rings. The fourth-order valence-electron chi connectivity index (χ4n) is 1.97. The second-order valence-corrected chi connectivity index (χ2v) is 3.58. The average molecular weight is 187 g/mol. The van der Waals surface area contributed by atoms with Gasteiger partial charge in [-0.25, -0.2) is 0 Å². The Labute approximate surface area is 84.0 Å². The maximum Gasteiger partial charge on any atom is 0.143 e. The van der Waals surface area contributed by atoms with E-state index in [-0.39, 0.29) is 0 Å². The molecule has 1 atom stereocenters. The SMILES string of the molecule is C#CCNC1(O)CCc2ccccc21. The van der Waals surface area contributed by atoms with Crippen LogP contribution in [0.25, 0.3) is 0 Å². The van der Waals surface area contributed by atoms with Gasteiger partial charge in [-0.3, -0.25) is 5.32 Å². The lowest BCUT2D eigenvalue weighted by molar-refractivity contribution is 0.00644. The van der Waals surface area contributed by atoms with Gasteiger partial charge in [0.05, 0.1) is 6.54 Å². The summed E-state index contributed by atoms with van der Waals surface area (Å²) in [7, 11) is 0. The molecule has 0 fully saturated rings. The minimum absolute atomic E-state index is 0.394. The van der Waals surface area contributed by atoms with Gasteiger partial charge in [0.15, 0.2) is 0 Å². The highest BCUT2D eigenvalue weighted by Crippen LogP contribution is 2.34. The van der Waals surface area contributed by atoms with E-state index in [0.717, 1.165) is 12.0 Å². The Morgan fingerprint density at radius 2 is 2.29 bits per heavy atom. The van der Waals surface area contributed by atoms with Crippen molar-refractivity contribution in [3.8, 4) is 12.3 Å². The lowest BCUT2D eigenvalue weighted by Crippen LogP contribution is -2.40. The van der Waals surface area contributed by atoms with Crippen LogP contribution in [-0.4, -0.2) is 11.7 Å². The summed E-state index contributed by atoms with van der Waals surface area (Å²) in [5.74, 6) is 2.48. The Morgan fingerprint density at radius 1 is 1.50 bits per heavy atom. The Hall–Kier alpha value is -1.30. The van der Waals surface area contributed by atoms with Crippen molar-refractivity contribution in [2.45, 2.75) is 18.6 Å². The maximum absolute atomic E-state index is 10.3. The van der Waals surface area contributed by atoms with Gasteiger partial charge < -0.3 is 5.11 Å². The smallest absolute Gasteiger partial charge is 0.143 e. The zero-order chi connectivity index (χ0) is 10.0. The Morgan fingerprint density at radius 3 is 3.07 bits per heavy atom. The number of hydrogen-bond acceptors (Lipinski definition) is 2. The molecule has 2 rings (SSSR count). The van der Waals surface area contributed by atoms with Gasteiger partial charge in [0.25, 0.3) is 0 Å².